The zero-order chi connectivity index (χ0) is 14.3. The van der Waals surface area contributed by atoms with E-state index in [1.54, 1.807) is 12.3 Å². The van der Waals surface area contributed by atoms with Gasteiger partial charge in [0.2, 0.25) is 11.8 Å². The van der Waals surface area contributed by atoms with Crippen molar-refractivity contribution in [1.29, 1.82) is 0 Å². The summed E-state index contributed by atoms with van der Waals surface area (Å²) in [5.74, 6) is -0.548. The number of thiazole rings is 1. The van der Waals surface area contributed by atoms with Crippen molar-refractivity contribution >= 4 is 28.3 Å². The highest BCUT2D eigenvalue weighted by molar-refractivity contribution is 7.15. The fourth-order valence-corrected chi connectivity index (χ4v) is 2.05. The number of aryl methyl sites for hydroxylation is 1. The molecule has 7 heteroatoms. The van der Waals surface area contributed by atoms with E-state index in [1.807, 2.05) is 6.92 Å². The second kappa shape index (κ2) is 7.65. The van der Waals surface area contributed by atoms with Crippen LogP contribution in [0.4, 0.5) is 5.13 Å². The molecule has 0 fully saturated rings. The molecule has 0 aliphatic carbocycles. The molecular formula is C12H17N3O3S. The summed E-state index contributed by atoms with van der Waals surface area (Å²) in [5, 5.41) is 3.18. The summed E-state index contributed by atoms with van der Waals surface area (Å²) in [6.07, 6.45) is 3.24. The molecule has 0 radical (unpaired) electrons. The van der Waals surface area contributed by atoms with Gasteiger partial charge in [0.25, 0.3) is 0 Å². The highest BCUT2D eigenvalue weighted by Crippen LogP contribution is 2.16. The van der Waals surface area contributed by atoms with Crippen LogP contribution in [0.1, 0.15) is 4.88 Å². The first-order valence-electron chi connectivity index (χ1n) is 5.66. The van der Waals surface area contributed by atoms with Crippen LogP contribution in [-0.4, -0.2) is 48.5 Å². The Kier molecular flexibility index (Phi) is 6.17. The molecule has 0 aliphatic rings. The van der Waals surface area contributed by atoms with E-state index < -0.39 is 0 Å². The quantitative estimate of drug-likeness (QED) is 0.759. The topological polar surface area (TPSA) is 71.5 Å². The van der Waals surface area contributed by atoms with Gasteiger partial charge < -0.3 is 15.0 Å². The van der Waals surface area contributed by atoms with E-state index in [4.69, 9.17) is 4.74 Å². The number of ether oxygens (including phenoxy) is 1. The van der Waals surface area contributed by atoms with Gasteiger partial charge in [-0.25, -0.2) is 4.98 Å². The van der Waals surface area contributed by atoms with Crippen LogP contribution in [0.2, 0.25) is 0 Å². The van der Waals surface area contributed by atoms with Crippen molar-refractivity contribution in [2.24, 2.45) is 0 Å². The van der Waals surface area contributed by atoms with Gasteiger partial charge in [0, 0.05) is 24.7 Å². The number of anilines is 1. The van der Waals surface area contributed by atoms with Crippen LogP contribution in [0.15, 0.2) is 18.9 Å². The number of rotatable bonds is 7. The Morgan fingerprint density at radius 3 is 2.89 bits per heavy atom. The Labute approximate surface area is 116 Å². The molecule has 0 unspecified atom stereocenters. The van der Waals surface area contributed by atoms with Crippen molar-refractivity contribution < 1.29 is 14.3 Å². The van der Waals surface area contributed by atoms with Gasteiger partial charge in [0.15, 0.2) is 5.13 Å². The van der Waals surface area contributed by atoms with Gasteiger partial charge in [-0.2, -0.15) is 0 Å². The molecule has 19 heavy (non-hydrogen) atoms. The monoisotopic (exact) mass is 283 g/mol. The number of hydrogen-bond acceptors (Lipinski definition) is 5. The summed E-state index contributed by atoms with van der Waals surface area (Å²) in [5.41, 5.74) is 0. The van der Waals surface area contributed by atoms with Crippen LogP contribution >= 0.6 is 11.3 Å². The van der Waals surface area contributed by atoms with Crippen molar-refractivity contribution in [1.82, 2.24) is 9.88 Å². The van der Waals surface area contributed by atoms with Crippen LogP contribution in [0.25, 0.3) is 0 Å². The molecule has 2 amide bonds. The number of aromatic nitrogens is 1. The number of methoxy groups -OCH3 is 1. The van der Waals surface area contributed by atoms with Gasteiger partial charge in [0.05, 0.1) is 0 Å². The van der Waals surface area contributed by atoms with E-state index >= 15 is 0 Å². The minimum atomic E-state index is -0.291. The Bertz CT molecular complexity index is 459. The van der Waals surface area contributed by atoms with Crippen LogP contribution in [0.3, 0.4) is 0 Å². The van der Waals surface area contributed by atoms with Crippen LogP contribution < -0.4 is 5.32 Å². The molecule has 1 heterocycles. The van der Waals surface area contributed by atoms with Gasteiger partial charge in [-0.3, -0.25) is 9.59 Å². The Morgan fingerprint density at radius 2 is 2.37 bits per heavy atom. The molecule has 0 atom stereocenters. The largest absolute Gasteiger partial charge is 0.375 e. The Hall–Kier alpha value is -1.73. The summed E-state index contributed by atoms with van der Waals surface area (Å²) in [4.78, 5) is 29.9. The lowest BCUT2D eigenvalue weighted by atomic mass is 10.4. The number of nitrogens with one attached hydrogen (secondary N) is 1. The molecule has 1 aromatic heterocycles. The average Bonchev–Trinajstić information content (AvgIpc) is 2.74. The second-order valence-corrected chi connectivity index (χ2v) is 5.05. The summed E-state index contributed by atoms with van der Waals surface area (Å²) >= 11 is 1.38. The van der Waals surface area contributed by atoms with Crippen LogP contribution in [0.5, 0.6) is 0 Å². The molecule has 1 N–H and O–H groups in total. The highest BCUT2D eigenvalue weighted by atomic mass is 32.1. The minimum Gasteiger partial charge on any atom is -0.375 e. The predicted octanol–water partition coefficient (Wildman–Crippen LogP) is 1.05. The number of nitrogens with zero attached hydrogens (tertiary/aromatic N) is 2. The lowest BCUT2D eigenvalue weighted by molar-refractivity contribution is -0.137. The van der Waals surface area contributed by atoms with Gasteiger partial charge in [-0.05, 0) is 6.92 Å². The summed E-state index contributed by atoms with van der Waals surface area (Å²) in [6, 6.07) is 0. The van der Waals surface area contributed by atoms with Gasteiger partial charge >= 0.3 is 0 Å². The lowest BCUT2D eigenvalue weighted by Crippen LogP contribution is -2.39. The van der Waals surface area contributed by atoms with E-state index in [0.717, 1.165) is 4.88 Å². The van der Waals surface area contributed by atoms with Gasteiger partial charge in [-0.1, -0.05) is 6.08 Å². The minimum absolute atomic E-state index is 0.0488. The summed E-state index contributed by atoms with van der Waals surface area (Å²) in [7, 11) is 1.43. The maximum Gasteiger partial charge on any atom is 0.249 e. The molecule has 0 bridgehead atoms. The van der Waals surface area contributed by atoms with Crippen molar-refractivity contribution in [2.45, 2.75) is 6.92 Å². The molecule has 0 spiro atoms. The van der Waals surface area contributed by atoms with E-state index in [9.17, 15) is 9.59 Å². The fraction of sp³-hybridized carbons (Fsp3) is 0.417. The molecular weight excluding hydrogens is 266 g/mol. The average molecular weight is 283 g/mol. The van der Waals surface area contributed by atoms with E-state index in [-0.39, 0.29) is 25.0 Å². The highest BCUT2D eigenvalue weighted by Gasteiger charge is 2.16. The molecule has 0 aromatic carbocycles. The summed E-state index contributed by atoms with van der Waals surface area (Å²) < 4.78 is 4.77. The number of amides is 2. The van der Waals surface area contributed by atoms with E-state index in [1.165, 1.54) is 23.3 Å². The second-order valence-electron chi connectivity index (χ2n) is 3.82. The number of carbonyl (C=O) groups is 2. The summed E-state index contributed by atoms with van der Waals surface area (Å²) in [6.45, 7) is 5.65. The van der Waals surface area contributed by atoms with Crippen molar-refractivity contribution in [3.05, 3.63) is 23.7 Å². The number of hydrogen-bond donors (Lipinski definition) is 1. The van der Waals surface area contributed by atoms with Crippen LogP contribution in [0, 0.1) is 6.92 Å². The normalized spacial score (nSPS) is 10.0. The zero-order valence-electron chi connectivity index (χ0n) is 11.0. The molecule has 6 nitrogen and oxygen atoms in total. The first kappa shape index (κ1) is 15.3. The number of carbonyl (C=O) groups excluding carboxylic acids is 2. The van der Waals surface area contributed by atoms with Gasteiger partial charge in [-0.15, -0.1) is 17.9 Å². The third-order valence-electron chi connectivity index (χ3n) is 2.17. The standard InChI is InChI=1S/C12H17N3O3S/c1-4-5-15(11(17)8-18-3)7-10(16)14-12-13-6-9(2)19-12/h4,6H,1,5,7-8H2,2-3H3,(H,13,14,16). The zero-order valence-corrected chi connectivity index (χ0v) is 11.8. The van der Waals surface area contributed by atoms with Crippen molar-refractivity contribution in [2.75, 3.05) is 32.1 Å². The van der Waals surface area contributed by atoms with Crippen LogP contribution in [-0.2, 0) is 14.3 Å². The Balaban J connectivity index is 2.55. The Morgan fingerprint density at radius 1 is 1.63 bits per heavy atom. The van der Waals surface area contributed by atoms with Crippen molar-refractivity contribution in [3.63, 3.8) is 0 Å². The molecule has 104 valence electrons. The first-order valence-corrected chi connectivity index (χ1v) is 6.48. The lowest BCUT2D eigenvalue weighted by Gasteiger charge is -2.19. The molecule has 0 aliphatic heterocycles. The first-order chi connectivity index (χ1) is 9.06. The maximum atomic E-state index is 11.8. The molecule has 1 rings (SSSR count). The van der Waals surface area contributed by atoms with E-state index in [2.05, 4.69) is 16.9 Å². The molecule has 0 saturated heterocycles. The SMILES string of the molecule is C=CCN(CC(=O)Nc1ncc(C)s1)C(=O)COC. The smallest absolute Gasteiger partial charge is 0.249 e. The van der Waals surface area contributed by atoms with E-state index in [0.29, 0.717) is 11.7 Å². The maximum absolute atomic E-state index is 11.8. The fourth-order valence-electron chi connectivity index (χ4n) is 1.37. The predicted molar refractivity (Wildman–Crippen MR) is 74.1 cm³/mol. The van der Waals surface area contributed by atoms with Gasteiger partial charge in [0.1, 0.15) is 13.2 Å². The van der Waals surface area contributed by atoms with Crippen molar-refractivity contribution in [3.8, 4) is 0 Å². The molecule has 1 aromatic rings. The third kappa shape index (κ3) is 5.19. The molecule has 0 saturated carbocycles. The third-order valence-corrected chi connectivity index (χ3v) is 3.00.